The fourth-order valence-corrected chi connectivity index (χ4v) is 3.64. The van der Waals surface area contributed by atoms with Crippen LogP contribution in [0.3, 0.4) is 0 Å². The number of benzene rings is 3. The first-order valence-corrected chi connectivity index (χ1v) is 10.9. The number of hydrogen-bond acceptors (Lipinski definition) is 4. The summed E-state index contributed by atoms with van der Waals surface area (Å²) in [6.45, 7) is 2.32. The van der Waals surface area contributed by atoms with Crippen molar-refractivity contribution in [3.05, 3.63) is 88.9 Å². The van der Waals surface area contributed by atoms with Gasteiger partial charge in [0.2, 0.25) is 0 Å². The van der Waals surface area contributed by atoms with Crippen molar-refractivity contribution in [1.82, 2.24) is 0 Å². The second-order valence-electron chi connectivity index (χ2n) is 7.31. The molecule has 1 saturated heterocycles. The lowest BCUT2D eigenvalue weighted by Crippen LogP contribution is -2.26. The highest BCUT2D eigenvalue weighted by Crippen LogP contribution is 2.32. The molecule has 1 aliphatic rings. The quantitative estimate of drug-likeness (QED) is 0.346. The third-order valence-corrected chi connectivity index (χ3v) is 5.44. The van der Waals surface area contributed by atoms with Crippen molar-refractivity contribution in [2.75, 3.05) is 26.4 Å². The first-order chi connectivity index (χ1) is 14.8. The molecule has 1 heterocycles. The van der Waals surface area contributed by atoms with E-state index in [1.807, 2.05) is 72.8 Å². The minimum atomic E-state index is 0.0579. The minimum Gasteiger partial charge on any atom is -0.493 e. The lowest BCUT2D eigenvalue weighted by molar-refractivity contribution is 0.125. The van der Waals surface area contributed by atoms with Crippen molar-refractivity contribution in [1.29, 1.82) is 0 Å². The van der Waals surface area contributed by atoms with Crippen molar-refractivity contribution in [3.63, 3.8) is 0 Å². The van der Waals surface area contributed by atoms with Crippen LogP contribution in [0.15, 0.2) is 83.3 Å². The first kappa shape index (κ1) is 20.8. The van der Waals surface area contributed by atoms with Gasteiger partial charge in [-0.3, -0.25) is 0 Å². The second kappa shape index (κ2) is 10.5. The van der Waals surface area contributed by atoms with Crippen molar-refractivity contribution in [2.45, 2.75) is 12.5 Å². The molecule has 1 fully saturated rings. The Morgan fingerprint density at radius 2 is 1.33 bits per heavy atom. The van der Waals surface area contributed by atoms with Crippen LogP contribution in [0, 0.1) is 5.92 Å². The molecule has 0 saturated carbocycles. The summed E-state index contributed by atoms with van der Waals surface area (Å²) in [6, 6.07) is 25.8. The minimum absolute atomic E-state index is 0.0579. The summed E-state index contributed by atoms with van der Waals surface area (Å²) in [7, 11) is 0. The maximum atomic E-state index is 6.27. The van der Waals surface area contributed by atoms with E-state index in [0.29, 0.717) is 25.9 Å². The van der Waals surface area contributed by atoms with E-state index in [-0.39, 0.29) is 5.92 Å². The van der Waals surface area contributed by atoms with Crippen LogP contribution in [0.1, 0.15) is 5.56 Å². The molecule has 156 valence electrons. The third-order valence-electron chi connectivity index (χ3n) is 4.82. The van der Waals surface area contributed by atoms with E-state index < -0.39 is 0 Å². The predicted molar refractivity (Wildman–Crippen MR) is 120 cm³/mol. The number of hydrogen-bond donors (Lipinski definition) is 0. The standard InChI is InChI=1S/C25H25BrO4/c26-24-13-7-8-20(14-23-18-29-23)25(24)30-17-19(15-27-21-9-3-1-4-10-21)16-28-22-11-5-2-6-12-22/h1-13,19,23H,14-18H2. The smallest absolute Gasteiger partial charge is 0.136 e. The van der Waals surface area contributed by atoms with E-state index in [1.165, 1.54) is 0 Å². The summed E-state index contributed by atoms with van der Waals surface area (Å²) >= 11 is 3.63. The van der Waals surface area contributed by atoms with Gasteiger partial charge in [-0.25, -0.2) is 0 Å². The molecule has 0 amide bonds. The summed E-state index contributed by atoms with van der Waals surface area (Å²) in [4.78, 5) is 0. The molecule has 0 N–H and O–H groups in total. The highest BCUT2D eigenvalue weighted by atomic mass is 79.9. The average Bonchev–Trinajstić information content (AvgIpc) is 3.60. The van der Waals surface area contributed by atoms with Crippen LogP contribution in [0.5, 0.6) is 17.2 Å². The Hall–Kier alpha value is -2.50. The molecule has 0 aromatic heterocycles. The molecule has 3 aromatic carbocycles. The number of halogens is 1. The van der Waals surface area contributed by atoms with Crippen molar-refractivity contribution < 1.29 is 18.9 Å². The number of para-hydroxylation sites is 3. The van der Waals surface area contributed by atoms with Gasteiger partial charge in [0.25, 0.3) is 0 Å². The number of rotatable bonds is 11. The molecule has 0 bridgehead atoms. The Morgan fingerprint density at radius 1 is 0.767 bits per heavy atom. The first-order valence-electron chi connectivity index (χ1n) is 10.2. The summed E-state index contributed by atoms with van der Waals surface area (Å²) in [5, 5.41) is 0. The van der Waals surface area contributed by atoms with Gasteiger partial charge < -0.3 is 18.9 Å². The summed E-state index contributed by atoms with van der Waals surface area (Å²) in [5.41, 5.74) is 1.15. The van der Waals surface area contributed by atoms with Crippen LogP contribution in [-0.4, -0.2) is 32.5 Å². The second-order valence-corrected chi connectivity index (χ2v) is 8.17. The van der Waals surface area contributed by atoms with Gasteiger partial charge in [0.15, 0.2) is 0 Å². The number of epoxide rings is 1. The largest absolute Gasteiger partial charge is 0.493 e. The summed E-state index contributed by atoms with van der Waals surface area (Å²) in [6.07, 6.45) is 1.17. The zero-order valence-corrected chi connectivity index (χ0v) is 18.3. The molecule has 30 heavy (non-hydrogen) atoms. The van der Waals surface area contributed by atoms with E-state index in [0.717, 1.165) is 40.3 Å². The lowest BCUT2D eigenvalue weighted by atomic mass is 10.1. The van der Waals surface area contributed by atoms with E-state index in [2.05, 4.69) is 22.0 Å². The Morgan fingerprint density at radius 3 is 1.90 bits per heavy atom. The predicted octanol–water partition coefficient (Wildman–Crippen LogP) is 5.54. The topological polar surface area (TPSA) is 40.2 Å². The third kappa shape index (κ3) is 6.25. The fourth-order valence-electron chi connectivity index (χ4n) is 3.11. The molecule has 3 aromatic rings. The van der Waals surface area contributed by atoms with Gasteiger partial charge in [0.05, 0.1) is 42.9 Å². The average molecular weight is 469 g/mol. The molecular formula is C25H25BrO4. The van der Waals surface area contributed by atoms with Gasteiger partial charge in [0.1, 0.15) is 17.2 Å². The van der Waals surface area contributed by atoms with Crippen LogP contribution in [0.2, 0.25) is 0 Å². The molecule has 4 rings (SSSR count). The Kier molecular flexibility index (Phi) is 7.27. The van der Waals surface area contributed by atoms with E-state index in [1.54, 1.807) is 0 Å². The molecule has 1 atom stereocenters. The maximum absolute atomic E-state index is 6.27. The molecule has 0 spiro atoms. The molecule has 1 unspecified atom stereocenters. The molecule has 5 heteroatoms. The van der Waals surface area contributed by atoms with E-state index in [4.69, 9.17) is 18.9 Å². The van der Waals surface area contributed by atoms with Gasteiger partial charge in [-0.1, -0.05) is 48.5 Å². The zero-order chi connectivity index (χ0) is 20.6. The Labute approximate surface area is 185 Å². The van der Waals surface area contributed by atoms with Gasteiger partial charge in [-0.2, -0.15) is 0 Å². The van der Waals surface area contributed by atoms with Crippen LogP contribution in [0.25, 0.3) is 0 Å². The highest BCUT2D eigenvalue weighted by Gasteiger charge is 2.25. The molecule has 0 aliphatic carbocycles. The molecule has 1 aliphatic heterocycles. The Balaban J connectivity index is 1.41. The zero-order valence-electron chi connectivity index (χ0n) is 16.7. The lowest BCUT2D eigenvalue weighted by Gasteiger charge is -2.21. The normalized spacial score (nSPS) is 15.1. The SMILES string of the molecule is Brc1cccc(CC2CO2)c1OCC(COc1ccccc1)COc1ccccc1. The van der Waals surface area contributed by atoms with E-state index in [9.17, 15) is 0 Å². The van der Waals surface area contributed by atoms with Crippen molar-refractivity contribution in [2.24, 2.45) is 5.92 Å². The molecule has 4 nitrogen and oxygen atoms in total. The number of ether oxygens (including phenoxy) is 4. The van der Waals surface area contributed by atoms with Gasteiger partial charge >= 0.3 is 0 Å². The van der Waals surface area contributed by atoms with Crippen molar-refractivity contribution in [3.8, 4) is 17.2 Å². The van der Waals surface area contributed by atoms with Gasteiger partial charge in [0, 0.05) is 6.42 Å². The van der Waals surface area contributed by atoms with Crippen LogP contribution >= 0.6 is 15.9 Å². The highest BCUT2D eigenvalue weighted by molar-refractivity contribution is 9.10. The summed E-state index contributed by atoms with van der Waals surface area (Å²) < 4.78 is 24.6. The van der Waals surface area contributed by atoms with Crippen LogP contribution < -0.4 is 14.2 Å². The van der Waals surface area contributed by atoms with Gasteiger partial charge in [-0.05, 0) is 51.8 Å². The fraction of sp³-hybridized carbons (Fsp3) is 0.280. The van der Waals surface area contributed by atoms with Crippen molar-refractivity contribution >= 4 is 15.9 Å². The van der Waals surface area contributed by atoms with Gasteiger partial charge in [-0.15, -0.1) is 0 Å². The molecular weight excluding hydrogens is 444 g/mol. The summed E-state index contributed by atoms with van der Waals surface area (Å²) in [5.74, 6) is 2.62. The molecule has 0 radical (unpaired) electrons. The Bertz CT molecular complexity index is 869. The maximum Gasteiger partial charge on any atom is 0.136 e. The monoisotopic (exact) mass is 468 g/mol. The van der Waals surface area contributed by atoms with Crippen LogP contribution in [0.4, 0.5) is 0 Å². The van der Waals surface area contributed by atoms with Crippen LogP contribution in [-0.2, 0) is 11.2 Å². The van der Waals surface area contributed by atoms with E-state index >= 15 is 0 Å².